The molecular weight excluding hydrogens is 580 g/mol. The molecule has 0 spiro atoms. The van der Waals surface area contributed by atoms with E-state index >= 15 is 0 Å². The molecule has 0 fully saturated rings. The summed E-state index contributed by atoms with van der Waals surface area (Å²) < 4.78 is 12.1. The third-order valence-corrected chi connectivity index (χ3v) is 7.51. The Hall–Kier alpha value is -4.75. The first-order valence-corrected chi connectivity index (χ1v) is 13.9. The molecule has 7 heteroatoms. The zero-order chi connectivity index (χ0) is 28.3. The number of pyridine rings is 1. The first-order valence-electron chi connectivity index (χ1n) is 13.1. The van der Waals surface area contributed by atoms with Crippen molar-refractivity contribution in [2.45, 2.75) is 0 Å². The monoisotopic (exact) mass is 604 g/mol. The lowest BCUT2D eigenvalue weighted by Gasteiger charge is -2.29. The normalized spacial score (nSPS) is 12.4. The molecule has 6 nitrogen and oxygen atoms in total. The molecule has 1 amide bonds. The van der Waals surface area contributed by atoms with Crippen LogP contribution in [0, 0.1) is 0 Å². The first-order chi connectivity index (χ1) is 20.0. The highest BCUT2D eigenvalue weighted by Gasteiger charge is 2.28. The van der Waals surface area contributed by atoms with E-state index in [0.717, 1.165) is 43.9 Å². The zero-order valence-electron chi connectivity index (χ0n) is 22.2. The Labute approximate surface area is 246 Å². The number of Topliss-reactive ketones (excluding diaryl/α,β-unsaturated/α-hetero) is 1. The van der Waals surface area contributed by atoms with Gasteiger partial charge < -0.3 is 9.47 Å². The lowest BCUT2D eigenvalue weighted by Crippen LogP contribution is -2.42. The maximum atomic E-state index is 13.0. The van der Waals surface area contributed by atoms with Crippen LogP contribution in [0.2, 0.25) is 0 Å². The van der Waals surface area contributed by atoms with Crippen LogP contribution in [0.5, 0.6) is 11.5 Å². The molecule has 0 saturated carbocycles. The van der Waals surface area contributed by atoms with Crippen molar-refractivity contribution in [3.63, 3.8) is 0 Å². The summed E-state index contributed by atoms with van der Waals surface area (Å²) in [6.07, 6.45) is 0. The molecular formula is C34H25BrN2O4. The number of benzene rings is 4. The second-order valence-corrected chi connectivity index (χ2v) is 10.5. The van der Waals surface area contributed by atoms with Crippen LogP contribution < -0.4 is 14.4 Å². The summed E-state index contributed by atoms with van der Waals surface area (Å²) in [6, 6.07) is 34.6. The van der Waals surface area contributed by atoms with Gasteiger partial charge in [0.15, 0.2) is 12.4 Å². The van der Waals surface area contributed by atoms with Gasteiger partial charge in [-0.15, -0.1) is 0 Å². The minimum absolute atomic E-state index is 0.0773. The maximum Gasteiger partial charge on any atom is 0.265 e. The fourth-order valence-corrected chi connectivity index (χ4v) is 5.06. The van der Waals surface area contributed by atoms with Crippen LogP contribution in [-0.4, -0.2) is 36.9 Å². The predicted octanol–water partition coefficient (Wildman–Crippen LogP) is 7.46. The van der Waals surface area contributed by atoms with Gasteiger partial charge >= 0.3 is 0 Å². The quantitative estimate of drug-likeness (QED) is 0.180. The van der Waals surface area contributed by atoms with E-state index in [-0.39, 0.29) is 24.8 Å². The molecule has 5 aromatic rings. The number of halogens is 1. The van der Waals surface area contributed by atoms with Crippen LogP contribution >= 0.6 is 15.9 Å². The van der Waals surface area contributed by atoms with E-state index < -0.39 is 0 Å². The number of rotatable bonds is 7. The number of ether oxygens (including phenoxy) is 2. The summed E-state index contributed by atoms with van der Waals surface area (Å²) in [5.74, 6) is 0.915. The van der Waals surface area contributed by atoms with Crippen molar-refractivity contribution in [2.75, 3.05) is 25.2 Å². The molecule has 1 aliphatic heterocycles. The molecule has 0 unspecified atom stereocenters. The van der Waals surface area contributed by atoms with E-state index in [2.05, 4.69) is 22.0 Å². The van der Waals surface area contributed by atoms with E-state index in [0.29, 0.717) is 17.0 Å². The smallest absolute Gasteiger partial charge is 0.265 e. The number of carbonyl (C=O) groups excluding carboxylic acids is 2. The highest BCUT2D eigenvalue weighted by molar-refractivity contribution is 9.10. The Bertz CT molecular complexity index is 1740. The van der Waals surface area contributed by atoms with Crippen LogP contribution in [0.25, 0.3) is 33.6 Å². The number of fused-ring (bicyclic) bond motifs is 1. The molecule has 0 aliphatic carbocycles. The molecule has 41 heavy (non-hydrogen) atoms. The fourth-order valence-electron chi connectivity index (χ4n) is 4.79. The average Bonchev–Trinajstić information content (AvgIpc) is 3.02. The number of ketones is 1. The predicted molar refractivity (Wildman–Crippen MR) is 163 cm³/mol. The third kappa shape index (κ3) is 5.62. The van der Waals surface area contributed by atoms with Crippen LogP contribution in [0.4, 0.5) is 5.69 Å². The van der Waals surface area contributed by atoms with Crippen LogP contribution in [0.15, 0.2) is 114 Å². The number of aromatic nitrogens is 1. The minimum Gasteiger partial charge on any atom is -0.497 e. The lowest BCUT2D eigenvalue weighted by molar-refractivity contribution is -0.121. The zero-order valence-corrected chi connectivity index (χ0v) is 23.8. The van der Waals surface area contributed by atoms with Crippen LogP contribution in [0.1, 0.15) is 10.4 Å². The summed E-state index contributed by atoms with van der Waals surface area (Å²) in [6.45, 7) is -0.195. The van der Waals surface area contributed by atoms with Gasteiger partial charge in [0.05, 0.1) is 30.7 Å². The number of amides is 1. The fraction of sp³-hybridized carbons (Fsp3) is 0.0882. The van der Waals surface area contributed by atoms with E-state index in [9.17, 15) is 9.59 Å². The van der Waals surface area contributed by atoms with Crippen molar-refractivity contribution in [3.8, 4) is 45.1 Å². The number of hydrogen-bond acceptors (Lipinski definition) is 5. The van der Waals surface area contributed by atoms with Gasteiger partial charge in [-0.1, -0.05) is 70.5 Å². The minimum atomic E-state index is -0.269. The summed E-state index contributed by atoms with van der Waals surface area (Å²) in [5, 5.41) is 0. The Kier molecular flexibility index (Phi) is 7.35. The van der Waals surface area contributed by atoms with Crippen LogP contribution in [0.3, 0.4) is 0 Å². The van der Waals surface area contributed by atoms with Crippen molar-refractivity contribution in [1.82, 2.24) is 4.98 Å². The summed E-state index contributed by atoms with van der Waals surface area (Å²) in [5.41, 5.74) is 6.40. The SMILES string of the molecule is COc1ccc(-c2cc(-c3ccc(Br)cc3)nc(-c3ccc4c(c3)N(CC(=O)c3ccccc3)C(=O)CO4)c2)cc1. The van der Waals surface area contributed by atoms with Gasteiger partial charge in [0, 0.05) is 21.2 Å². The lowest BCUT2D eigenvalue weighted by atomic mass is 9.99. The van der Waals surface area contributed by atoms with Crippen LogP contribution in [-0.2, 0) is 4.79 Å². The van der Waals surface area contributed by atoms with Gasteiger partial charge in [-0.2, -0.15) is 0 Å². The Morgan fingerprint density at radius 1 is 0.829 bits per heavy atom. The summed E-state index contributed by atoms with van der Waals surface area (Å²) >= 11 is 3.51. The Balaban J connectivity index is 1.43. The number of carbonyl (C=O) groups is 2. The van der Waals surface area contributed by atoms with Gasteiger partial charge in [0.1, 0.15) is 11.5 Å². The van der Waals surface area contributed by atoms with E-state index in [1.165, 1.54) is 4.90 Å². The second-order valence-electron chi connectivity index (χ2n) is 9.60. The topological polar surface area (TPSA) is 68.7 Å². The number of anilines is 1. The van der Waals surface area contributed by atoms with E-state index in [1.807, 2.05) is 91.0 Å². The molecule has 6 rings (SSSR count). The van der Waals surface area contributed by atoms with Crippen molar-refractivity contribution < 1.29 is 19.1 Å². The molecule has 0 radical (unpaired) electrons. The number of methoxy groups -OCH3 is 1. The van der Waals surface area contributed by atoms with Crippen molar-refractivity contribution in [1.29, 1.82) is 0 Å². The third-order valence-electron chi connectivity index (χ3n) is 6.98. The van der Waals surface area contributed by atoms with Gasteiger partial charge in [-0.25, -0.2) is 4.98 Å². The molecule has 0 saturated heterocycles. The van der Waals surface area contributed by atoms with Gasteiger partial charge in [-0.05, 0) is 65.7 Å². The molecule has 0 bridgehead atoms. The number of nitrogens with zero attached hydrogens (tertiary/aromatic N) is 2. The largest absolute Gasteiger partial charge is 0.497 e. The second kappa shape index (κ2) is 11.4. The number of hydrogen-bond donors (Lipinski definition) is 0. The first kappa shape index (κ1) is 26.5. The standard InChI is InChI=1S/C34H25BrN2O4/c1-40-28-14-9-22(10-15-28)26-17-29(23-7-12-27(35)13-8-23)36-30(18-26)25-11-16-33-31(19-25)37(34(39)21-41-33)20-32(38)24-5-3-2-4-6-24/h2-19H,20-21H2,1H3. The molecule has 1 aliphatic rings. The molecule has 1 aromatic heterocycles. The van der Waals surface area contributed by atoms with E-state index in [1.54, 1.807) is 19.2 Å². The molecule has 2 heterocycles. The summed E-state index contributed by atoms with van der Waals surface area (Å²) in [4.78, 5) is 32.5. The molecule has 4 aromatic carbocycles. The molecule has 0 N–H and O–H groups in total. The highest BCUT2D eigenvalue weighted by atomic mass is 79.9. The van der Waals surface area contributed by atoms with E-state index in [4.69, 9.17) is 14.5 Å². The van der Waals surface area contributed by atoms with Gasteiger partial charge in [0.25, 0.3) is 5.91 Å². The molecule has 0 atom stereocenters. The van der Waals surface area contributed by atoms with Gasteiger partial charge in [-0.3, -0.25) is 14.5 Å². The molecule has 202 valence electrons. The van der Waals surface area contributed by atoms with Crippen molar-refractivity contribution >= 4 is 33.3 Å². The van der Waals surface area contributed by atoms with Crippen molar-refractivity contribution in [3.05, 3.63) is 119 Å². The maximum absolute atomic E-state index is 13.0. The average molecular weight is 605 g/mol. The highest BCUT2D eigenvalue weighted by Crippen LogP contribution is 2.38. The Morgan fingerprint density at radius 2 is 1.49 bits per heavy atom. The summed E-state index contributed by atoms with van der Waals surface area (Å²) in [7, 11) is 1.65. The van der Waals surface area contributed by atoms with Crippen molar-refractivity contribution in [2.24, 2.45) is 0 Å². The Morgan fingerprint density at radius 3 is 2.20 bits per heavy atom. The van der Waals surface area contributed by atoms with Gasteiger partial charge in [0.2, 0.25) is 0 Å².